The SMILES string of the molecule is O=C1CCCCC2(CCN(S)CC2)N1. The van der Waals surface area contributed by atoms with E-state index in [4.69, 9.17) is 0 Å². The van der Waals surface area contributed by atoms with Crippen molar-refractivity contribution in [1.82, 2.24) is 9.62 Å². The van der Waals surface area contributed by atoms with Gasteiger partial charge in [-0.25, -0.2) is 0 Å². The highest BCUT2D eigenvalue weighted by atomic mass is 32.1. The normalized spacial score (nSPS) is 28.5. The van der Waals surface area contributed by atoms with Gasteiger partial charge in [-0.3, -0.25) is 9.10 Å². The number of rotatable bonds is 0. The molecule has 0 aromatic heterocycles. The molecule has 80 valence electrons. The first-order valence-electron chi connectivity index (χ1n) is 5.45. The van der Waals surface area contributed by atoms with Crippen molar-refractivity contribution in [1.29, 1.82) is 0 Å². The summed E-state index contributed by atoms with van der Waals surface area (Å²) in [5.74, 6) is 0.245. The van der Waals surface area contributed by atoms with Crippen molar-refractivity contribution in [3.8, 4) is 0 Å². The van der Waals surface area contributed by atoms with Gasteiger partial charge in [0.2, 0.25) is 5.91 Å². The monoisotopic (exact) mass is 214 g/mol. The Bertz CT molecular complexity index is 224. The van der Waals surface area contributed by atoms with Gasteiger partial charge in [-0.1, -0.05) is 19.2 Å². The summed E-state index contributed by atoms with van der Waals surface area (Å²) >= 11 is 4.33. The highest BCUT2D eigenvalue weighted by Gasteiger charge is 2.35. The second kappa shape index (κ2) is 4.11. The number of nitrogens with one attached hydrogen (secondary N) is 1. The number of nitrogens with zero attached hydrogens (tertiary/aromatic N) is 1. The average molecular weight is 214 g/mol. The summed E-state index contributed by atoms with van der Waals surface area (Å²) in [5, 5.41) is 3.22. The lowest BCUT2D eigenvalue weighted by Gasteiger charge is -2.40. The summed E-state index contributed by atoms with van der Waals surface area (Å²) in [5.41, 5.74) is 0.104. The fourth-order valence-electron chi connectivity index (χ4n) is 2.47. The van der Waals surface area contributed by atoms with Gasteiger partial charge in [0, 0.05) is 25.0 Å². The van der Waals surface area contributed by atoms with Crippen molar-refractivity contribution in [2.24, 2.45) is 0 Å². The topological polar surface area (TPSA) is 32.3 Å². The van der Waals surface area contributed by atoms with Crippen LogP contribution in [0, 0.1) is 0 Å². The van der Waals surface area contributed by atoms with Crippen LogP contribution in [0.4, 0.5) is 0 Å². The first-order valence-corrected chi connectivity index (χ1v) is 5.85. The Hall–Kier alpha value is -0.220. The lowest BCUT2D eigenvalue weighted by molar-refractivity contribution is -0.122. The summed E-state index contributed by atoms with van der Waals surface area (Å²) in [6.45, 7) is 1.98. The van der Waals surface area contributed by atoms with Crippen LogP contribution in [0.5, 0.6) is 0 Å². The second-order valence-electron chi connectivity index (χ2n) is 4.49. The Morgan fingerprint density at radius 1 is 1.21 bits per heavy atom. The zero-order chi connectivity index (χ0) is 10.0. The van der Waals surface area contributed by atoms with E-state index in [2.05, 4.69) is 18.1 Å². The maximum Gasteiger partial charge on any atom is 0.220 e. The van der Waals surface area contributed by atoms with Crippen molar-refractivity contribution in [2.45, 2.75) is 44.1 Å². The molecule has 3 nitrogen and oxygen atoms in total. The van der Waals surface area contributed by atoms with Crippen molar-refractivity contribution in [2.75, 3.05) is 13.1 Å². The lowest BCUT2D eigenvalue weighted by Crippen LogP contribution is -2.53. The van der Waals surface area contributed by atoms with Gasteiger partial charge in [-0.2, -0.15) is 0 Å². The highest BCUT2D eigenvalue weighted by molar-refractivity contribution is 7.77. The molecule has 0 bridgehead atoms. The highest BCUT2D eigenvalue weighted by Crippen LogP contribution is 2.30. The van der Waals surface area contributed by atoms with E-state index >= 15 is 0 Å². The molecule has 0 aromatic carbocycles. The molecule has 1 spiro atoms. The molecule has 0 aromatic rings. The first-order chi connectivity index (χ1) is 6.70. The van der Waals surface area contributed by atoms with Gasteiger partial charge in [0.05, 0.1) is 0 Å². The van der Waals surface area contributed by atoms with Crippen LogP contribution in [-0.4, -0.2) is 28.8 Å². The number of piperidine rings is 1. The predicted molar refractivity (Wildman–Crippen MR) is 59.1 cm³/mol. The molecule has 2 aliphatic heterocycles. The van der Waals surface area contributed by atoms with Crippen LogP contribution < -0.4 is 5.32 Å². The molecule has 14 heavy (non-hydrogen) atoms. The Balaban J connectivity index is 2.02. The molecule has 2 fully saturated rings. The van der Waals surface area contributed by atoms with Gasteiger partial charge >= 0.3 is 0 Å². The van der Waals surface area contributed by atoms with Crippen LogP contribution in [0.1, 0.15) is 38.5 Å². The minimum absolute atomic E-state index is 0.104. The van der Waals surface area contributed by atoms with Gasteiger partial charge in [-0.05, 0) is 25.7 Å². The fraction of sp³-hybridized carbons (Fsp3) is 0.900. The third-order valence-corrected chi connectivity index (χ3v) is 3.81. The predicted octanol–water partition coefficient (Wildman–Crippen LogP) is 1.36. The Morgan fingerprint density at radius 2 is 1.93 bits per heavy atom. The summed E-state index contributed by atoms with van der Waals surface area (Å²) in [6, 6.07) is 0. The fourth-order valence-corrected chi connectivity index (χ4v) is 2.67. The largest absolute Gasteiger partial charge is 0.351 e. The zero-order valence-corrected chi connectivity index (χ0v) is 9.35. The summed E-state index contributed by atoms with van der Waals surface area (Å²) < 4.78 is 2.04. The van der Waals surface area contributed by atoms with E-state index in [-0.39, 0.29) is 11.4 Å². The molecule has 1 N–H and O–H groups in total. The maximum atomic E-state index is 11.5. The molecule has 0 saturated carbocycles. The molecule has 0 radical (unpaired) electrons. The Morgan fingerprint density at radius 3 is 2.64 bits per heavy atom. The van der Waals surface area contributed by atoms with E-state index in [9.17, 15) is 4.79 Å². The van der Waals surface area contributed by atoms with E-state index in [0.29, 0.717) is 6.42 Å². The minimum Gasteiger partial charge on any atom is -0.351 e. The minimum atomic E-state index is 0.104. The maximum absolute atomic E-state index is 11.5. The van der Waals surface area contributed by atoms with Crippen LogP contribution >= 0.6 is 12.8 Å². The molecule has 2 heterocycles. The third kappa shape index (κ3) is 2.23. The molecular weight excluding hydrogens is 196 g/mol. The van der Waals surface area contributed by atoms with Crippen LogP contribution in [0.15, 0.2) is 0 Å². The molecule has 2 aliphatic rings. The van der Waals surface area contributed by atoms with Crippen LogP contribution in [0.2, 0.25) is 0 Å². The molecule has 1 amide bonds. The Labute approximate surface area is 90.8 Å². The van der Waals surface area contributed by atoms with Gasteiger partial charge in [0.15, 0.2) is 0 Å². The molecule has 0 unspecified atom stereocenters. The second-order valence-corrected chi connectivity index (χ2v) is 5.05. The van der Waals surface area contributed by atoms with Crippen LogP contribution in [0.3, 0.4) is 0 Å². The molecule has 4 heteroatoms. The standard InChI is InChI=1S/C10H18N2OS/c13-9-3-1-2-4-10(11-9)5-7-12(14)8-6-10/h14H,1-8H2,(H,11,13). The molecule has 0 atom stereocenters. The molecule has 2 rings (SSSR count). The number of hydrogen-bond donors (Lipinski definition) is 2. The smallest absolute Gasteiger partial charge is 0.220 e. The average Bonchev–Trinajstić information content (AvgIpc) is 2.34. The quantitative estimate of drug-likeness (QED) is 0.597. The molecule has 2 saturated heterocycles. The van der Waals surface area contributed by atoms with Gasteiger partial charge < -0.3 is 5.32 Å². The van der Waals surface area contributed by atoms with Gasteiger partial charge in [0.1, 0.15) is 0 Å². The first kappa shape index (κ1) is 10.3. The zero-order valence-electron chi connectivity index (χ0n) is 8.46. The van der Waals surface area contributed by atoms with Crippen molar-refractivity contribution in [3.05, 3.63) is 0 Å². The van der Waals surface area contributed by atoms with Gasteiger partial charge in [-0.15, -0.1) is 0 Å². The summed E-state index contributed by atoms with van der Waals surface area (Å²) in [4.78, 5) is 11.5. The van der Waals surface area contributed by atoms with E-state index in [1.165, 1.54) is 6.42 Å². The number of carbonyl (C=O) groups excluding carboxylic acids is 1. The van der Waals surface area contributed by atoms with Crippen LogP contribution in [-0.2, 0) is 4.79 Å². The van der Waals surface area contributed by atoms with E-state index in [0.717, 1.165) is 38.8 Å². The van der Waals surface area contributed by atoms with Crippen molar-refractivity contribution in [3.63, 3.8) is 0 Å². The Kier molecular flexibility index (Phi) is 3.02. The van der Waals surface area contributed by atoms with Crippen LogP contribution in [0.25, 0.3) is 0 Å². The van der Waals surface area contributed by atoms with E-state index in [1.54, 1.807) is 0 Å². The van der Waals surface area contributed by atoms with Gasteiger partial charge in [0.25, 0.3) is 0 Å². The molecule has 0 aliphatic carbocycles. The van der Waals surface area contributed by atoms with Crippen molar-refractivity contribution >= 4 is 18.7 Å². The van der Waals surface area contributed by atoms with Crippen molar-refractivity contribution < 1.29 is 4.79 Å². The summed E-state index contributed by atoms with van der Waals surface area (Å²) in [6.07, 6.45) is 6.22. The molecular formula is C10H18N2OS. The lowest BCUT2D eigenvalue weighted by atomic mass is 9.84. The number of thiol groups is 1. The number of amides is 1. The van der Waals surface area contributed by atoms with E-state index in [1.807, 2.05) is 4.31 Å². The third-order valence-electron chi connectivity index (χ3n) is 3.41. The van der Waals surface area contributed by atoms with E-state index < -0.39 is 0 Å². The number of hydrogen-bond acceptors (Lipinski definition) is 3. The number of carbonyl (C=O) groups is 1. The summed E-state index contributed by atoms with van der Waals surface area (Å²) in [7, 11) is 0.